The first-order valence-electron chi connectivity index (χ1n) is 18.5. The zero-order valence-electron chi connectivity index (χ0n) is 30.1. The van der Waals surface area contributed by atoms with E-state index in [1.54, 1.807) is 18.2 Å². The van der Waals surface area contributed by atoms with E-state index in [9.17, 15) is 28.7 Å². The molecule has 3 saturated heterocycles. The Labute approximate surface area is 331 Å². The monoisotopic (exact) mass is 813 g/mol. The second kappa shape index (κ2) is 17.3. The van der Waals surface area contributed by atoms with Crippen molar-refractivity contribution in [2.45, 2.75) is 63.3 Å². The molecular weight excluding hydrogens is 774 g/mol. The summed E-state index contributed by atoms with van der Waals surface area (Å²) in [6.07, 6.45) is 5.50. The predicted octanol–water partition coefficient (Wildman–Crippen LogP) is 7.70. The van der Waals surface area contributed by atoms with Gasteiger partial charge < -0.3 is 24.5 Å². The number of rotatable bonds is 16. The van der Waals surface area contributed by atoms with E-state index in [1.807, 2.05) is 0 Å². The van der Waals surface area contributed by atoms with Gasteiger partial charge in [0.05, 0.1) is 12.2 Å². The van der Waals surface area contributed by atoms with Crippen LogP contribution in [0, 0.1) is 22.9 Å². The van der Waals surface area contributed by atoms with Crippen LogP contribution in [-0.4, -0.2) is 60.9 Å². The van der Waals surface area contributed by atoms with E-state index >= 15 is 4.39 Å². The fourth-order valence-corrected chi connectivity index (χ4v) is 8.32. The van der Waals surface area contributed by atoms with Gasteiger partial charge in [0.1, 0.15) is 28.0 Å². The third-order valence-electron chi connectivity index (χ3n) is 10.8. The van der Waals surface area contributed by atoms with Gasteiger partial charge in [-0.05, 0) is 98.0 Å². The number of halogens is 5. The molecule has 2 bridgehead atoms. The number of aromatic carboxylic acids is 1. The van der Waals surface area contributed by atoms with E-state index in [1.165, 1.54) is 42.5 Å². The molecule has 3 aliphatic heterocycles. The van der Waals surface area contributed by atoms with Crippen molar-refractivity contribution in [3.05, 3.63) is 128 Å². The number of hydrogen-bond acceptors (Lipinski definition) is 8. The third kappa shape index (κ3) is 9.18. The Hall–Kier alpha value is -4.56. The number of carboxylic acid groups (broad SMARTS) is 1. The van der Waals surface area contributed by atoms with E-state index in [-0.39, 0.29) is 75.7 Å². The predicted molar refractivity (Wildman–Crippen MR) is 201 cm³/mol. The first-order chi connectivity index (χ1) is 26.9. The number of benzene rings is 3. The largest absolute Gasteiger partial charge is 0.619 e. The maximum Gasteiger partial charge on any atom is 0.387 e. The highest BCUT2D eigenvalue weighted by Gasteiger charge is 2.38. The smallest absolute Gasteiger partial charge is 0.387 e. The third-order valence-corrected chi connectivity index (χ3v) is 11.5. The molecule has 8 rings (SSSR count). The summed E-state index contributed by atoms with van der Waals surface area (Å²) in [5.41, 5.74) is 1.40. The van der Waals surface area contributed by atoms with Crippen molar-refractivity contribution in [1.82, 2.24) is 10.2 Å². The van der Waals surface area contributed by atoms with Gasteiger partial charge >= 0.3 is 18.6 Å². The van der Waals surface area contributed by atoms with Crippen LogP contribution in [0.1, 0.15) is 75.8 Å². The number of fused-ring (bicyclic) bond motifs is 3. The lowest BCUT2D eigenvalue weighted by atomic mass is 9.80. The summed E-state index contributed by atoms with van der Waals surface area (Å²) in [6.45, 7) is -0.534. The summed E-state index contributed by atoms with van der Waals surface area (Å²) in [5, 5.41) is 26.0. The second-order valence-electron chi connectivity index (χ2n) is 14.5. The van der Waals surface area contributed by atoms with Gasteiger partial charge in [0.25, 0.3) is 0 Å². The summed E-state index contributed by atoms with van der Waals surface area (Å²) in [4.78, 5) is 29.2. The number of piperidine rings is 3. The van der Waals surface area contributed by atoms with Crippen LogP contribution in [0.25, 0.3) is 0 Å². The van der Waals surface area contributed by atoms with E-state index < -0.39 is 36.3 Å². The van der Waals surface area contributed by atoms with Crippen LogP contribution < -0.4 is 19.5 Å². The number of aromatic nitrogens is 1. The zero-order chi connectivity index (χ0) is 39.5. The van der Waals surface area contributed by atoms with Gasteiger partial charge in [-0.2, -0.15) is 13.5 Å². The van der Waals surface area contributed by atoms with Crippen molar-refractivity contribution < 1.29 is 46.8 Å². The average Bonchev–Trinajstić information content (AvgIpc) is 4.00. The number of carboxylic acids is 1. The van der Waals surface area contributed by atoms with Crippen LogP contribution in [0.4, 0.5) is 13.2 Å². The van der Waals surface area contributed by atoms with Gasteiger partial charge in [-0.15, -0.1) is 0 Å². The van der Waals surface area contributed by atoms with Gasteiger partial charge in [-0.1, -0.05) is 59.6 Å². The van der Waals surface area contributed by atoms with Crippen molar-refractivity contribution in [2.24, 2.45) is 11.8 Å². The number of nitrogens with zero attached hydrogens (tertiary/aromatic N) is 2. The van der Waals surface area contributed by atoms with Gasteiger partial charge in [-0.3, -0.25) is 10.2 Å². The molecule has 10 nitrogen and oxygen atoms in total. The van der Waals surface area contributed by atoms with Crippen LogP contribution in [0.5, 0.6) is 11.5 Å². The summed E-state index contributed by atoms with van der Waals surface area (Å²) in [6, 6.07) is 13.6. The normalized spacial score (nSPS) is 20.1. The lowest BCUT2D eigenvalue weighted by Gasteiger charge is -2.44. The van der Waals surface area contributed by atoms with Crippen LogP contribution in [0.15, 0.2) is 73.1 Å². The maximum atomic E-state index is 15.4. The van der Waals surface area contributed by atoms with E-state index in [0.717, 1.165) is 51.2 Å². The zero-order valence-corrected chi connectivity index (χ0v) is 31.7. The second-order valence-corrected chi connectivity index (χ2v) is 15.3. The Kier molecular flexibility index (Phi) is 12.2. The molecule has 3 atom stereocenters. The van der Waals surface area contributed by atoms with Crippen LogP contribution in [0.3, 0.4) is 0 Å². The molecule has 4 fully saturated rings. The maximum absolute atomic E-state index is 15.4. The number of pyridine rings is 1. The van der Waals surface area contributed by atoms with Gasteiger partial charge in [0.2, 0.25) is 0 Å². The summed E-state index contributed by atoms with van der Waals surface area (Å²) < 4.78 is 59.7. The van der Waals surface area contributed by atoms with Crippen LogP contribution in [0.2, 0.25) is 10.0 Å². The molecule has 56 heavy (non-hydrogen) atoms. The molecule has 1 saturated carbocycles. The number of carbonyl (C=O) groups is 2. The van der Waals surface area contributed by atoms with Crippen molar-refractivity contribution in [3.8, 4) is 11.5 Å². The fourth-order valence-electron chi connectivity index (χ4n) is 7.72. The molecule has 1 aliphatic carbocycles. The molecule has 1 aromatic heterocycles. The number of nitrogens with one attached hydrogen (secondary N) is 1. The Balaban J connectivity index is 1.30. The van der Waals surface area contributed by atoms with Crippen LogP contribution in [-0.2, 0) is 22.5 Å². The first kappa shape index (κ1) is 39.7. The number of esters is 1. The molecule has 0 spiro atoms. The van der Waals surface area contributed by atoms with Gasteiger partial charge in [0, 0.05) is 30.1 Å². The number of carbonyl (C=O) groups excluding carboxylic acids is 1. The molecule has 2 N–H and O–H groups in total. The first-order valence-corrected chi connectivity index (χ1v) is 19.2. The Bertz CT molecular complexity index is 2060. The Morgan fingerprint density at radius 2 is 1.71 bits per heavy atom. The van der Waals surface area contributed by atoms with Crippen molar-refractivity contribution in [3.63, 3.8) is 0 Å². The minimum absolute atomic E-state index is 0.0166. The number of ether oxygens (including phenoxy) is 3. The fraction of sp³-hybridized carbons (Fsp3) is 0.390. The van der Waals surface area contributed by atoms with E-state index in [2.05, 4.69) is 10.2 Å². The highest BCUT2D eigenvalue weighted by Crippen LogP contribution is 2.42. The highest BCUT2D eigenvalue weighted by atomic mass is 35.5. The molecule has 0 radical (unpaired) electrons. The molecule has 0 amide bonds. The Morgan fingerprint density at radius 3 is 2.36 bits per heavy atom. The molecule has 4 aliphatic rings. The Morgan fingerprint density at radius 1 is 0.982 bits per heavy atom. The minimum Gasteiger partial charge on any atom is -0.619 e. The molecule has 1 unspecified atom stereocenters. The van der Waals surface area contributed by atoms with Crippen LogP contribution >= 0.6 is 23.2 Å². The van der Waals surface area contributed by atoms with Gasteiger partial charge in [0.15, 0.2) is 23.9 Å². The summed E-state index contributed by atoms with van der Waals surface area (Å²) in [7, 11) is 0. The topological polar surface area (TPSA) is 124 Å². The molecule has 4 aromatic rings. The minimum atomic E-state index is -3.13. The van der Waals surface area contributed by atoms with Gasteiger partial charge in [-0.25, -0.2) is 14.0 Å². The van der Waals surface area contributed by atoms with Crippen molar-refractivity contribution in [1.29, 1.82) is 0 Å². The number of alkyl halides is 2. The summed E-state index contributed by atoms with van der Waals surface area (Å²) in [5.74, 6) is -3.16. The number of hydrogen-bond donors (Lipinski definition) is 2. The molecule has 4 heterocycles. The SMILES string of the molecule is O=C(O)c1cccc(CNC(C(=O)O[C@H]2CN3CCC2CC3)c2ccccc2F)c1[C@@H](Cc1c(Cl)c[n+]([O-])cc1Cl)c1ccc(OC(F)F)c(OCC2CC2)c1. The molecule has 296 valence electrons. The standard InChI is InChI=1S/C41H40Cl2F3N3O7/c42-31-19-49(53)20-32(43)30(31)17-29(25-10-11-34(56-41(45)46)35(16-25)54-22-23-8-9-23)37-26(4-3-6-28(37)39(50)51)18-47-38(27-5-1-2-7-33(27)44)40(52)55-36-21-48-14-12-24(36)13-15-48/h1-7,10-11,16,19-20,23-24,29,36,38,41,47H,8-9,12-15,17-18,21-22H2,(H,50,51)/t29-,36-,38?/m0/s1. The van der Waals surface area contributed by atoms with E-state index in [4.69, 9.17) is 37.4 Å². The highest BCUT2D eigenvalue weighted by molar-refractivity contribution is 6.35. The molecule has 3 aromatic carbocycles. The van der Waals surface area contributed by atoms with Crippen molar-refractivity contribution >= 4 is 35.1 Å². The summed E-state index contributed by atoms with van der Waals surface area (Å²) >= 11 is 13.1. The van der Waals surface area contributed by atoms with Crippen molar-refractivity contribution in [2.75, 3.05) is 26.2 Å². The molecular formula is C41H40Cl2F3N3O7. The quantitative estimate of drug-likeness (QED) is 0.0666. The van der Waals surface area contributed by atoms with E-state index in [0.29, 0.717) is 28.0 Å². The lowest BCUT2D eigenvalue weighted by molar-refractivity contribution is -0.605. The average molecular weight is 815 g/mol. The molecule has 15 heteroatoms. The lowest BCUT2D eigenvalue weighted by Crippen LogP contribution is -2.52.